The van der Waals surface area contributed by atoms with Crippen molar-refractivity contribution in [3.63, 3.8) is 0 Å². The first-order valence-electron chi connectivity index (χ1n) is 6.40. The van der Waals surface area contributed by atoms with Crippen LogP contribution in [0.15, 0.2) is 47.3 Å². The number of hydrogen-bond donors (Lipinski definition) is 0. The molecule has 1 unspecified atom stereocenters. The number of benzene rings is 1. The maximum absolute atomic E-state index is 12.1. The largest absolute Gasteiger partial charge is 0.486 e. The summed E-state index contributed by atoms with van der Waals surface area (Å²) in [5, 5.41) is 0. The van der Waals surface area contributed by atoms with Gasteiger partial charge in [0.05, 0.1) is 18.4 Å². The van der Waals surface area contributed by atoms with Crippen molar-refractivity contribution in [2.75, 3.05) is 20.2 Å². The van der Waals surface area contributed by atoms with Gasteiger partial charge in [0.1, 0.15) is 12.9 Å². The third-order valence-electron chi connectivity index (χ3n) is 3.16. The fraction of sp³-hybridized carbons (Fsp3) is 0.267. The van der Waals surface area contributed by atoms with E-state index >= 15 is 0 Å². The van der Waals surface area contributed by atoms with Crippen LogP contribution in [0.5, 0.6) is 11.5 Å². The number of ether oxygens (including phenoxy) is 2. The summed E-state index contributed by atoms with van der Waals surface area (Å²) >= 11 is 0. The van der Waals surface area contributed by atoms with Crippen LogP contribution in [-0.4, -0.2) is 37.1 Å². The zero-order valence-corrected chi connectivity index (χ0v) is 11.1. The fourth-order valence-corrected chi connectivity index (χ4v) is 2.15. The Balaban J connectivity index is 1.63. The van der Waals surface area contributed by atoms with Gasteiger partial charge >= 0.3 is 0 Å². The Morgan fingerprint density at radius 1 is 1.30 bits per heavy atom. The molecule has 3 rings (SSSR count). The number of carbonyl (C=O) groups is 1. The van der Waals surface area contributed by atoms with E-state index in [1.807, 2.05) is 24.3 Å². The number of fused-ring (bicyclic) bond motifs is 1. The molecule has 1 aromatic carbocycles. The lowest BCUT2D eigenvalue weighted by molar-refractivity contribution is 0.0520. The minimum absolute atomic E-state index is 0.0961. The zero-order valence-electron chi connectivity index (χ0n) is 11.1. The highest BCUT2D eigenvalue weighted by atomic mass is 16.6. The summed E-state index contributed by atoms with van der Waals surface area (Å²) in [5.74, 6) is 1.36. The Morgan fingerprint density at radius 3 is 2.85 bits per heavy atom. The first-order chi connectivity index (χ1) is 9.74. The van der Waals surface area contributed by atoms with Gasteiger partial charge in [-0.05, 0) is 18.2 Å². The van der Waals surface area contributed by atoms with Gasteiger partial charge in [-0.15, -0.1) is 0 Å². The molecule has 5 heteroatoms. The fourth-order valence-electron chi connectivity index (χ4n) is 2.15. The SMILES string of the molecule is CN(CC1COc2ccccc2O1)C(=O)c1ccoc1. The number of hydrogen-bond acceptors (Lipinski definition) is 4. The van der Waals surface area contributed by atoms with Crippen LogP contribution in [0, 0.1) is 0 Å². The van der Waals surface area contributed by atoms with Crippen LogP contribution in [-0.2, 0) is 0 Å². The van der Waals surface area contributed by atoms with Crippen molar-refractivity contribution >= 4 is 5.91 Å². The molecule has 0 fully saturated rings. The summed E-state index contributed by atoms with van der Waals surface area (Å²) in [6.45, 7) is 0.887. The average Bonchev–Trinajstić information content (AvgIpc) is 3.00. The third kappa shape index (κ3) is 2.47. The Labute approximate surface area is 116 Å². The smallest absolute Gasteiger partial charge is 0.256 e. The van der Waals surface area contributed by atoms with E-state index in [4.69, 9.17) is 13.9 Å². The van der Waals surface area contributed by atoms with Crippen molar-refractivity contribution in [2.45, 2.75) is 6.10 Å². The molecule has 1 aliphatic rings. The molecule has 0 spiro atoms. The van der Waals surface area contributed by atoms with Crippen molar-refractivity contribution in [1.82, 2.24) is 4.90 Å². The summed E-state index contributed by atoms with van der Waals surface area (Å²) < 4.78 is 16.4. The first-order valence-corrected chi connectivity index (χ1v) is 6.40. The predicted octanol–water partition coefficient (Wildman–Crippen LogP) is 2.19. The Morgan fingerprint density at radius 2 is 2.10 bits per heavy atom. The Hall–Kier alpha value is -2.43. The van der Waals surface area contributed by atoms with E-state index in [-0.39, 0.29) is 12.0 Å². The quantitative estimate of drug-likeness (QED) is 0.860. The summed E-state index contributed by atoms with van der Waals surface area (Å²) in [6, 6.07) is 9.17. The number of carbonyl (C=O) groups excluding carboxylic acids is 1. The molecule has 2 heterocycles. The van der Waals surface area contributed by atoms with Gasteiger partial charge in [-0.1, -0.05) is 12.1 Å². The van der Waals surface area contributed by atoms with E-state index < -0.39 is 0 Å². The van der Waals surface area contributed by atoms with Crippen LogP contribution in [0.2, 0.25) is 0 Å². The minimum Gasteiger partial charge on any atom is -0.486 e. The van der Waals surface area contributed by atoms with Crippen molar-refractivity contribution in [2.24, 2.45) is 0 Å². The first kappa shape index (κ1) is 12.6. The van der Waals surface area contributed by atoms with Gasteiger partial charge in [0.15, 0.2) is 17.6 Å². The molecule has 0 saturated carbocycles. The molecule has 1 amide bonds. The van der Waals surface area contributed by atoms with Crippen LogP contribution in [0.1, 0.15) is 10.4 Å². The molecule has 1 atom stereocenters. The van der Waals surface area contributed by atoms with Crippen LogP contribution in [0.4, 0.5) is 0 Å². The van der Waals surface area contributed by atoms with Crippen LogP contribution >= 0.6 is 0 Å². The summed E-state index contributed by atoms with van der Waals surface area (Å²) in [6.07, 6.45) is 2.75. The van der Waals surface area contributed by atoms with Crippen molar-refractivity contribution in [3.8, 4) is 11.5 Å². The van der Waals surface area contributed by atoms with Crippen LogP contribution in [0.3, 0.4) is 0 Å². The lowest BCUT2D eigenvalue weighted by Gasteiger charge is -2.29. The number of para-hydroxylation sites is 2. The molecule has 2 aromatic rings. The lowest BCUT2D eigenvalue weighted by atomic mass is 10.2. The Bertz CT molecular complexity index is 594. The van der Waals surface area contributed by atoms with E-state index in [0.717, 1.165) is 5.75 Å². The molecule has 0 bridgehead atoms. The predicted molar refractivity (Wildman–Crippen MR) is 72.0 cm³/mol. The number of furan rings is 1. The highest BCUT2D eigenvalue weighted by molar-refractivity contribution is 5.93. The second-order valence-electron chi connectivity index (χ2n) is 4.70. The second-order valence-corrected chi connectivity index (χ2v) is 4.70. The molecule has 1 aromatic heterocycles. The standard InChI is InChI=1S/C15H15NO4/c1-16(15(17)11-6-7-18-9-11)8-12-10-19-13-4-2-3-5-14(13)20-12/h2-7,9,12H,8,10H2,1H3. The lowest BCUT2D eigenvalue weighted by Crippen LogP contribution is -2.41. The number of nitrogens with zero attached hydrogens (tertiary/aromatic N) is 1. The minimum atomic E-state index is -0.175. The van der Waals surface area contributed by atoms with Gasteiger partial charge in [0.25, 0.3) is 5.91 Å². The number of likely N-dealkylation sites (N-methyl/N-ethyl adjacent to an activating group) is 1. The maximum Gasteiger partial charge on any atom is 0.256 e. The van der Waals surface area contributed by atoms with Gasteiger partial charge in [0.2, 0.25) is 0 Å². The zero-order chi connectivity index (χ0) is 13.9. The van der Waals surface area contributed by atoms with E-state index in [0.29, 0.717) is 24.5 Å². The molecule has 104 valence electrons. The number of rotatable bonds is 3. The molecule has 1 aliphatic heterocycles. The van der Waals surface area contributed by atoms with Crippen molar-refractivity contribution < 1.29 is 18.7 Å². The molecule has 0 radical (unpaired) electrons. The summed E-state index contributed by atoms with van der Waals surface area (Å²) in [5.41, 5.74) is 0.532. The highest BCUT2D eigenvalue weighted by Crippen LogP contribution is 2.30. The summed E-state index contributed by atoms with van der Waals surface area (Å²) in [4.78, 5) is 13.7. The van der Waals surface area contributed by atoms with Gasteiger partial charge in [-0.3, -0.25) is 4.79 Å². The molecule has 0 aliphatic carbocycles. The molecule has 0 saturated heterocycles. The number of amides is 1. The topological polar surface area (TPSA) is 51.9 Å². The van der Waals surface area contributed by atoms with Crippen LogP contribution in [0.25, 0.3) is 0 Å². The molecular formula is C15H15NO4. The van der Waals surface area contributed by atoms with Crippen molar-refractivity contribution in [1.29, 1.82) is 0 Å². The Kier molecular flexibility index (Phi) is 3.33. The van der Waals surface area contributed by atoms with E-state index in [9.17, 15) is 4.79 Å². The van der Waals surface area contributed by atoms with Gasteiger partial charge < -0.3 is 18.8 Å². The molecular weight excluding hydrogens is 258 g/mol. The monoisotopic (exact) mass is 273 g/mol. The molecule has 20 heavy (non-hydrogen) atoms. The van der Waals surface area contributed by atoms with E-state index in [2.05, 4.69) is 0 Å². The highest BCUT2D eigenvalue weighted by Gasteiger charge is 2.24. The molecule has 5 nitrogen and oxygen atoms in total. The second kappa shape index (κ2) is 5.28. The van der Waals surface area contributed by atoms with Crippen LogP contribution < -0.4 is 9.47 Å². The van der Waals surface area contributed by atoms with E-state index in [1.54, 1.807) is 18.0 Å². The normalized spacial score (nSPS) is 16.8. The third-order valence-corrected chi connectivity index (χ3v) is 3.16. The average molecular weight is 273 g/mol. The van der Waals surface area contributed by atoms with Gasteiger partial charge in [-0.25, -0.2) is 0 Å². The van der Waals surface area contributed by atoms with E-state index in [1.165, 1.54) is 12.5 Å². The van der Waals surface area contributed by atoms with Gasteiger partial charge in [-0.2, -0.15) is 0 Å². The molecule has 0 N–H and O–H groups in total. The van der Waals surface area contributed by atoms with Crippen molar-refractivity contribution in [3.05, 3.63) is 48.4 Å². The van der Waals surface area contributed by atoms with Gasteiger partial charge in [0, 0.05) is 7.05 Å². The maximum atomic E-state index is 12.1. The summed E-state index contributed by atoms with van der Waals surface area (Å²) in [7, 11) is 1.74.